The summed E-state index contributed by atoms with van der Waals surface area (Å²) in [6.45, 7) is 0. The van der Waals surface area contributed by atoms with Crippen LogP contribution in [0.15, 0.2) is 65.9 Å². The summed E-state index contributed by atoms with van der Waals surface area (Å²) in [5.74, 6) is -0.00887. The lowest BCUT2D eigenvalue weighted by Crippen LogP contribution is -2.19. The number of hydrazone groups is 1. The molecule has 0 unspecified atom stereocenters. The highest BCUT2D eigenvalue weighted by atomic mass is 35.5. The van der Waals surface area contributed by atoms with Crippen molar-refractivity contribution in [1.82, 2.24) is 9.99 Å². The van der Waals surface area contributed by atoms with Gasteiger partial charge in [-0.05, 0) is 48.0 Å². The fourth-order valence-corrected chi connectivity index (χ4v) is 2.79. The van der Waals surface area contributed by atoms with Gasteiger partial charge in [0, 0.05) is 25.9 Å². The number of nitrogens with one attached hydrogen (secondary N) is 2. The van der Waals surface area contributed by atoms with E-state index in [0.717, 1.165) is 5.56 Å². The monoisotopic (exact) mass is 451 g/mol. The molecule has 2 aromatic carbocycles. The Morgan fingerprint density at radius 2 is 1.78 bits per heavy atom. The molecule has 0 atom stereocenters. The second-order valence-electron chi connectivity index (χ2n) is 6.90. The Hall–Kier alpha value is -3.91. The van der Waals surface area contributed by atoms with Gasteiger partial charge in [0.2, 0.25) is 0 Å². The van der Waals surface area contributed by atoms with Crippen molar-refractivity contribution in [3.63, 3.8) is 0 Å². The number of hydrogen-bond acceptors (Lipinski definition) is 6. The Kier molecular flexibility index (Phi) is 7.41. The second-order valence-corrected chi connectivity index (χ2v) is 7.33. The van der Waals surface area contributed by atoms with Crippen molar-refractivity contribution in [2.24, 2.45) is 5.10 Å². The first-order valence-electron chi connectivity index (χ1n) is 9.59. The standard InChI is InChI=1S/C23H22ClN5O3/c1-29(2)26-13-15-4-6-16(7-5-15)22(30)27-20-10-9-18(32-3)12-19(20)23(31)28-21-11-8-17(24)14-25-21/h4-14H,1-3H3,(H,27,30)(H,25,28,31)/b26-13+. The van der Waals surface area contributed by atoms with E-state index in [0.29, 0.717) is 27.8 Å². The minimum absolute atomic E-state index is 0.226. The topological polar surface area (TPSA) is 95.9 Å². The van der Waals surface area contributed by atoms with Crippen LogP contribution in [-0.2, 0) is 0 Å². The number of anilines is 2. The Morgan fingerprint density at radius 1 is 1.03 bits per heavy atom. The quantitative estimate of drug-likeness (QED) is 0.415. The number of rotatable bonds is 7. The fraction of sp³-hybridized carbons (Fsp3) is 0.130. The molecule has 0 radical (unpaired) electrons. The maximum atomic E-state index is 12.9. The van der Waals surface area contributed by atoms with Crippen LogP contribution in [0.2, 0.25) is 5.02 Å². The van der Waals surface area contributed by atoms with Gasteiger partial charge >= 0.3 is 0 Å². The minimum atomic E-state index is -0.454. The van der Waals surface area contributed by atoms with Crippen molar-refractivity contribution in [2.45, 2.75) is 0 Å². The van der Waals surface area contributed by atoms with Crippen molar-refractivity contribution in [1.29, 1.82) is 0 Å². The van der Waals surface area contributed by atoms with Crippen molar-refractivity contribution < 1.29 is 14.3 Å². The van der Waals surface area contributed by atoms with Crippen LogP contribution in [0.25, 0.3) is 0 Å². The first-order valence-corrected chi connectivity index (χ1v) is 9.97. The summed E-state index contributed by atoms with van der Waals surface area (Å²) in [7, 11) is 5.14. The molecular weight excluding hydrogens is 430 g/mol. The molecule has 32 heavy (non-hydrogen) atoms. The summed E-state index contributed by atoms with van der Waals surface area (Å²) < 4.78 is 5.23. The third kappa shape index (κ3) is 6.05. The summed E-state index contributed by atoms with van der Waals surface area (Å²) in [6, 6.07) is 15.0. The normalized spacial score (nSPS) is 10.6. The first-order chi connectivity index (χ1) is 15.4. The van der Waals surface area contributed by atoms with Gasteiger partial charge in [-0.2, -0.15) is 5.10 Å². The van der Waals surface area contributed by atoms with Crippen molar-refractivity contribution in [3.8, 4) is 5.75 Å². The minimum Gasteiger partial charge on any atom is -0.497 e. The van der Waals surface area contributed by atoms with Crippen LogP contribution >= 0.6 is 11.6 Å². The van der Waals surface area contributed by atoms with E-state index in [1.807, 2.05) is 14.1 Å². The number of carbonyl (C=O) groups excluding carboxylic acids is 2. The van der Waals surface area contributed by atoms with Gasteiger partial charge < -0.3 is 20.4 Å². The van der Waals surface area contributed by atoms with Crippen LogP contribution in [0.5, 0.6) is 5.75 Å². The van der Waals surface area contributed by atoms with Gasteiger partial charge in [0.1, 0.15) is 11.6 Å². The first kappa shape index (κ1) is 22.8. The Bertz CT molecular complexity index is 1130. The molecule has 3 rings (SSSR count). The zero-order valence-electron chi connectivity index (χ0n) is 17.8. The fourth-order valence-electron chi connectivity index (χ4n) is 2.68. The van der Waals surface area contributed by atoms with Crippen LogP contribution in [0.3, 0.4) is 0 Å². The van der Waals surface area contributed by atoms with Gasteiger partial charge in [-0.15, -0.1) is 0 Å². The average Bonchev–Trinajstić information content (AvgIpc) is 2.79. The van der Waals surface area contributed by atoms with Crippen LogP contribution in [-0.4, -0.2) is 49.2 Å². The highest BCUT2D eigenvalue weighted by Gasteiger charge is 2.16. The second kappa shape index (κ2) is 10.4. The van der Waals surface area contributed by atoms with Gasteiger partial charge in [0.05, 0.1) is 29.6 Å². The number of hydrogen-bond donors (Lipinski definition) is 2. The summed E-state index contributed by atoms with van der Waals surface area (Å²) >= 11 is 5.84. The van der Waals surface area contributed by atoms with Crippen molar-refractivity contribution in [2.75, 3.05) is 31.8 Å². The zero-order chi connectivity index (χ0) is 23.1. The van der Waals surface area contributed by atoms with E-state index in [-0.39, 0.29) is 11.5 Å². The van der Waals surface area contributed by atoms with Gasteiger partial charge in [0.25, 0.3) is 11.8 Å². The molecule has 164 valence electrons. The maximum Gasteiger partial charge on any atom is 0.259 e. The van der Waals surface area contributed by atoms with Crippen molar-refractivity contribution in [3.05, 3.63) is 82.5 Å². The van der Waals surface area contributed by atoms with E-state index in [2.05, 4.69) is 20.7 Å². The number of aromatic nitrogens is 1. The zero-order valence-corrected chi connectivity index (χ0v) is 18.6. The summed E-state index contributed by atoms with van der Waals surface area (Å²) in [5.41, 5.74) is 1.86. The van der Waals surface area contributed by atoms with Gasteiger partial charge in [-0.1, -0.05) is 23.7 Å². The molecule has 0 bridgehead atoms. The molecule has 1 heterocycles. The lowest BCUT2D eigenvalue weighted by molar-refractivity contribution is 0.102. The molecule has 0 saturated carbocycles. The van der Waals surface area contributed by atoms with E-state index < -0.39 is 5.91 Å². The molecule has 3 aromatic rings. The number of nitrogens with zero attached hydrogens (tertiary/aromatic N) is 3. The summed E-state index contributed by atoms with van der Waals surface area (Å²) in [6.07, 6.45) is 3.12. The number of amides is 2. The maximum absolute atomic E-state index is 12.9. The molecule has 0 aliphatic heterocycles. The summed E-state index contributed by atoms with van der Waals surface area (Å²) in [5, 5.41) is 11.8. The van der Waals surface area contributed by atoms with E-state index in [1.165, 1.54) is 13.3 Å². The number of carbonyl (C=O) groups is 2. The highest BCUT2D eigenvalue weighted by Crippen LogP contribution is 2.24. The van der Waals surface area contributed by atoms with E-state index >= 15 is 0 Å². The molecule has 0 aliphatic carbocycles. The molecule has 2 N–H and O–H groups in total. The number of halogens is 1. The molecule has 0 saturated heterocycles. The predicted molar refractivity (Wildman–Crippen MR) is 126 cm³/mol. The van der Waals surface area contributed by atoms with Crippen LogP contribution in [0, 0.1) is 0 Å². The lowest BCUT2D eigenvalue weighted by atomic mass is 10.1. The largest absolute Gasteiger partial charge is 0.497 e. The van der Waals surface area contributed by atoms with E-state index in [1.54, 1.807) is 65.8 Å². The van der Waals surface area contributed by atoms with Crippen LogP contribution in [0.4, 0.5) is 11.5 Å². The predicted octanol–water partition coefficient (Wildman–Crippen LogP) is 4.14. The average molecular weight is 452 g/mol. The number of ether oxygens (including phenoxy) is 1. The molecule has 1 aromatic heterocycles. The van der Waals surface area contributed by atoms with E-state index in [9.17, 15) is 9.59 Å². The molecule has 0 aliphatic rings. The molecule has 8 nitrogen and oxygen atoms in total. The molecule has 0 spiro atoms. The Balaban J connectivity index is 1.80. The highest BCUT2D eigenvalue weighted by molar-refractivity contribution is 6.30. The lowest BCUT2D eigenvalue weighted by Gasteiger charge is -2.13. The Morgan fingerprint density at radius 3 is 2.41 bits per heavy atom. The number of benzene rings is 2. The van der Waals surface area contributed by atoms with Gasteiger partial charge in [-0.25, -0.2) is 4.98 Å². The molecule has 0 fully saturated rings. The van der Waals surface area contributed by atoms with Crippen molar-refractivity contribution >= 4 is 41.1 Å². The molecule has 9 heteroatoms. The van der Waals surface area contributed by atoms with Gasteiger partial charge in [0.15, 0.2) is 0 Å². The van der Waals surface area contributed by atoms with Gasteiger partial charge in [-0.3, -0.25) is 9.59 Å². The summed E-state index contributed by atoms with van der Waals surface area (Å²) in [4.78, 5) is 29.7. The SMILES string of the molecule is COc1ccc(NC(=O)c2ccc(/C=N/N(C)C)cc2)c(C(=O)Nc2ccc(Cl)cn2)c1. The van der Waals surface area contributed by atoms with E-state index in [4.69, 9.17) is 16.3 Å². The van der Waals surface area contributed by atoms with Crippen LogP contribution < -0.4 is 15.4 Å². The molecular formula is C23H22ClN5O3. The number of methoxy groups -OCH3 is 1. The van der Waals surface area contributed by atoms with Crippen LogP contribution in [0.1, 0.15) is 26.3 Å². The third-order valence-corrected chi connectivity index (χ3v) is 4.52. The Labute approximate surface area is 190 Å². The third-order valence-electron chi connectivity index (χ3n) is 4.30. The molecule has 2 amide bonds. The number of pyridine rings is 1. The smallest absolute Gasteiger partial charge is 0.259 e.